The molecular formula is C27H36Cl3N3O2. The zero-order chi connectivity index (χ0) is 24.6. The number of hydrogen-bond acceptors (Lipinski definition) is 3. The number of benzene rings is 2. The van der Waals surface area contributed by atoms with E-state index in [9.17, 15) is 9.59 Å². The van der Waals surface area contributed by atoms with Crippen LogP contribution in [0.5, 0.6) is 0 Å². The van der Waals surface area contributed by atoms with Gasteiger partial charge in [-0.05, 0) is 88.0 Å². The van der Waals surface area contributed by atoms with Crippen LogP contribution in [0.3, 0.4) is 0 Å². The average Bonchev–Trinajstić information content (AvgIpc) is 2.80. The summed E-state index contributed by atoms with van der Waals surface area (Å²) in [6, 6.07) is 15.8. The molecule has 1 aliphatic rings. The largest absolute Gasteiger partial charge is 0.356 e. The first-order chi connectivity index (χ1) is 16.3. The Hall–Kier alpha value is -1.79. The first-order valence-corrected chi connectivity index (χ1v) is 12.7. The van der Waals surface area contributed by atoms with E-state index in [1.165, 1.54) is 5.56 Å². The second-order valence-electron chi connectivity index (χ2n) is 9.49. The van der Waals surface area contributed by atoms with Crippen molar-refractivity contribution in [2.24, 2.45) is 0 Å². The Morgan fingerprint density at radius 2 is 1.60 bits per heavy atom. The fourth-order valence-electron chi connectivity index (χ4n) is 4.72. The molecule has 192 valence electrons. The van der Waals surface area contributed by atoms with E-state index < -0.39 is 0 Å². The third-order valence-electron chi connectivity index (χ3n) is 6.88. The second kappa shape index (κ2) is 14.1. The van der Waals surface area contributed by atoms with E-state index in [-0.39, 0.29) is 48.6 Å². The Balaban J connectivity index is 0.00000432. The first kappa shape index (κ1) is 29.4. The van der Waals surface area contributed by atoms with Crippen LogP contribution in [0.15, 0.2) is 48.5 Å². The molecule has 0 heterocycles. The van der Waals surface area contributed by atoms with Gasteiger partial charge in [-0.1, -0.05) is 47.5 Å². The van der Waals surface area contributed by atoms with E-state index in [2.05, 4.69) is 35.7 Å². The molecule has 2 N–H and O–H groups in total. The lowest BCUT2D eigenvalue weighted by molar-refractivity contribution is -0.127. The van der Waals surface area contributed by atoms with Crippen molar-refractivity contribution in [3.63, 3.8) is 0 Å². The van der Waals surface area contributed by atoms with Crippen LogP contribution in [0.2, 0.25) is 10.0 Å². The number of nitrogens with one attached hydrogen (secondary N) is 2. The predicted octanol–water partition coefficient (Wildman–Crippen LogP) is 5.46. The second-order valence-corrected chi connectivity index (χ2v) is 10.4. The molecule has 8 heteroatoms. The van der Waals surface area contributed by atoms with Crippen LogP contribution >= 0.6 is 35.6 Å². The summed E-state index contributed by atoms with van der Waals surface area (Å²) in [4.78, 5) is 26.9. The monoisotopic (exact) mass is 539 g/mol. The first-order valence-electron chi connectivity index (χ1n) is 12.0. The zero-order valence-corrected chi connectivity index (χ0v) is 22.8. The summed E-state index contributed by atoms with van der Waals surface area (Å²) in [5, 5.41) is 7.49. The maximum atomic E-state index is 12.4. The number of carbonyl (C=O) groups is 2. The number of rotatable bonds is 10. The van der Waals surface area contributed by atoms with Crippen molar-refractivity contribution in [3.8, 4) is 0 Å². The normalized spacial score (nSPS) is 19.6. The van der Waals surface area contributed by atoms with Gasteiger partial charge in [-0.2, -0.15) is 0 Å². The molecule has 0 unspecified atom stereocenters. The molecule has 0 saturated heterocycles. The smallest absolute Gasteiger partial charge is 0.220 e. The van der Waals surface area contributed by atoms with Gasteiger partial charge >= 0.3 is 0 Å². The van der Waals surface area contributed by atoms with Crippen LogP contribution in [0.25, 0.3) is 0 Å². The average molecular weight is 541 g/mol. The molecule has 1 aliphatic carbocycles. The molecule has 0 atom stereocenters. The van der Waals surface area contributed by atoms with Gasteiger partial charge in [0, 0.05) is 41.0 Å². The Labute approximate surface area is 225 Å². The molecule has 0 bridgehead atoms. The molecule has 1 fully saturated rings. The van der Waals surface area contributed by atoms with E-state index in [4.69, 9.17) is 23.2 Å². The van der Waals surface area contributed by atoms with E-state index in [1.54, 1.807) is 0 Å². The van der Waals surface area contributed by atoms with E-state index in [0.717, 1.165) is 49.1 Å². The number of nitrogens with zero attached hydrogens (tertiary/aromatic N) is 1. The van der Waals surface area contributed by atoms with Crippen molar-refractivity contribution < 1.29 is 9.59 Å². The molecular weight excluding hydrogens is 505 g/mol. The highest BCUT2D eigenvalue weighted by molar-refractivity contribution is 6.30. The Bertz CT molecular complexity index is 958. The number of amides is 2. The van der Waals surface area contributed by atoms with Crippen LogP contribution in [0, 0.1) is 0 Å². The summed E-state index contributed by atoms with van der Waals surface area (Å²) < 4.78 is 0. The minimum atomic E-state index is -0.0964. The lowest BCUT2D eigenvalue weighted by atomic mass is 9.75. The fraction of sp³-hybridized carbons (Fsp3) is 0.481. The van der Waals surface area contributed by atoms with Gasteiger partial charge in [0.2, 0.25) is 11.8 Å². The van der Waals surface area contributed by atoms with Gasteiger partial charge in [-0.25, -0.2) is 0 Å². The molecule has 2 amide bonds. The van der Waals surface area contributed by atoms with Gasteiger partial charge in [-0.15, -0.1) is 12.4 Å². The molecule has 0 aliphatic heterocycles. The lowest BCUT2D eigenvalue weighted by Gasteiger charge is -2.45. The predicted molar refractivity (Wildman–Crippen MR) is 147 cm³/mol. The van der Waals surface area contributed by atoms with Gasteiger partial charge in [-0.3, -0.25) is 9.59 Å². The van der Waals surface area contributed by atoms with Crippen LogP contribution in [0.4, 0.5) is 0 Å². The van der Waals surface area contributed by atoms with Gasteiger partial charge in [0.25, 0.3) is 0 Å². The lowest BCUT2D eigenvalue weighted by Crippen LogP contribution is -2.52. The summed E-state index contributed by atoms with van der Waals surface area (Å²) in [6.07, 6.45) is 5.96. The van der Waals surface area contributed by atoms with Crippen molar-refractivity contribution in [3.05, 3.63) is 69.7 Å². The van der Waals surface area contributed by atoms with Crippen LogP contribution < -0.4 is 10.6 Å². The Morgan fingerprint density at radius 3 is 2.23 bits per heavy atom. The molecule has 5 nitrogen and oxygen atoms in total. The minimum absolute atomic E-state index is 0. The highest BCUT2D eigenvalue weighted by atomic mass is 35.5. The van der Waals surface area contributed by atoms with Crippen LogP contribution in [0.1, 0.15) is 49.7 Å². The number of likely N-dealkylation sites (N-methyl/N-ethyl adjacent to an activating group) is 1. The Morgan fingerprint density at radius 1 is 0.943 bits per heavy atom. The molecule has 2 aromatic carbocycles. The number of hydrogen-bond donors (Lipinski definition) is 2. The summed E-state index contributed by atoms with van der Waals surface area (Å²) in [6.45, 7) is 0.546. The molecule has 0 aromatic heterocycles. The van der Waals surface area contributed by atoms with Gasteiger partial charge in [0.1, 0.15) is 0 Å². The van der Waals surface area contributed by atoms with Crippen molar-refractivity contribution in [1.82, 2.24) is 15.5 Å². The molecule has 0 radical (unpaired) electrons. The SMILES string of the molecule is CN(C)C1(Cc2cccc(Cl)c2)CCC(NC(=O)CCC(=O)NCCc2ccc(Cl)cc2)CC1.Cl. The maximum absolute atomic E-state index is 12.4. The van der Waals surface area contributed by atoms with E-state index >= 15 is 0 Å². The third kappa shape index (κ3) is 9.30. The summed E-state index contributed by atoms with van der Waals surface area (Å²) in [7, 11) is 4.27. The van der Waals surface area contributed by atoms with Crippen LogP contribution in [-0.4, -0.2) is 48.9 Å². The molecule has 3 rings (SSSR count). The van der Waals surface area contributed by atoms with E-state index in [1.807, 2.05) is 42.5 Å². The van der Waals surface area contributed by atoms with Crippen molar-refractivity contribution >= 4 is 47.4 Å². The molecule has 1 saturated carbocycles. The highest BCUT2D eigenvalue weighted by Crippen LogP contribution is 2.36. The van der Waals surface area contributed by atoms with Crippen molar-refractivity contribution in [2.75, 3.05) is 20.6 Å². The van der Waals surface area contributed by atoms with Gasteiger partial charge < -0.3 is 15.5 Å². The number of carbonyl (C=O) groups excluding carboxylic acids is 2. The van der Waals surface area contributed by atoms with E-state index in [0.29, 0.717) is 11.6 Å². The molecule has 0 spiro atoms. The van der Waals surface area contributed by atoms with Gasteiger partial charge in [0.05, 0.1) is 0 Å². The zero-order valence-electron chi connectivity index (χ0n) is 20.5. The number of halogens is 3. The highest BCUT2D eigenvalue weighted by Gasteiger charge is 2.37. The fourth-order valence-corrected chi connectivity index (χ4v) is 5.06. The topological polar surface area (TPSA) is 61.4 Å². The quantitative estimate of drug-likeness (QED) is 0.421. The molecule has 2 aromatic rings. The van der Waals surface area contributed by atoms with Gasteiger partial charge in [0.15, 0.2) is 0 Å². The third-order valence-corrected chi connectivity index (χ3v) is 7.37. The maximum Gasteiger partial charge on any atom is 0.220 e. The van der Waals surface area contributed by atoms with Crippen molar-refractivity contribution in [1.29, 1.82) is 0 Å². The van der Waals surface area contributed by atoms with Crippen molar-refractivity contribution in [2.45, 2.75) is 62.9 Å². The Kier molecular flexibility index (Phi) is 11.8. The standard InChI is InChI=1S/C27H35Cl2N3O2.ClH/c1-32(2)27(19-21-4-3-5-23(29)18-21)15-12-24(13-16-27)31-26(34)11-10-25(33)30-17-14-20-6-8-22(28)9-7-20;/h3-9,18,24H,10-17,19H2,1-2H3,(H,30,33)(H,31,34);1H. The summed E-state index contributed by atoms with van der Waals surface area (Å²) in [5.41, 5.74) is 2.42. The minimum Gasteiger partial charge on any atom is -0.356 e. The summed E-state index contributed by atoms with van der Waals surface area (Å²) in [5.74, 6) is -0.147. The molecule has 35 heavy (non-hydrogen) atoms. The summed E-state index contributed by atoms with van der Waals surface area (Å²) >= 11 is 12.1. The van der Waals surface area contributed by atoms with Crippen LogP contribution in [-0.2, 0) is 22.4 Å².